The van der Waals surface area contributed by atoms with Crippen LogP contribution in [0.1, 0.15) is 43.0 Å². The maximum Gasteiger partial charge on any atom is 0.216 e. The molecule has 0 heterocycles. The smallest absolute Gasteiger partial charge is 0.216 e. The second-order valence-electron chi connectivity index (χ2n) is 5.81. The van der Waals surface area contributed by atoms with E-state index in [0.717, 1.165) is 5.75 Å². The van der Waals surface area contributed by atoms with Crippen LogP contribution in [0.3, 0.4) is 0 Å². The van der Waals surface area contributed by atoms with Gasteiger partial charge in [-0.05, 0) is 49.1 Å². The molecule has 0 saturated heterocycles. The Morgan fingerprint density at radius 2 is 1.84 bits per heavy atom. The quantitative estimate of drug-likeness (QED) is 0.906. The molecule has 0 atom stereocenters. The zero-order valence-electron chi connectivity index (χ0n) is 13.1. The Balaban J connectivity index is 3.26. The number of carbonyl (C=O) groups is 1. The number of rotatable bonds is 4. The monoisotopic (exact) mass is 263 g/mol. The molecule has 1 rings (SSSR count). The number of amides is 1. The van der Waals surface area contributed by atoms with Crippen LogP contribution in [-0.4, -0.2) is 19.6 Å². The zero-order chi connectivity index (χ0) is 14.8. The van der Waals surface area contributed by atoms with E-state index in [4.69, 9.17) is 4.74 Å². The lowest BCUT2D eigenvalue weighted by molar-refractivity contribution is -0.119. The van der Waals surface area contributed by atoms with Crippen LogP contribution in [0.2, 0.25) is 0 Å². The van der Waals surface area contributed by atoms with E-state index < -0.39 is 0 Å². The highest BCUT2D eigenvalue weighted by Gasteiger charge is 2.26. The molecule has 0 aromatic heterocycles. The van der Waals surface area contributed by atoms with Gasteiger partial charge in [0.25, 0.3) is 0 Å². The Bertz CT molecular complexity index is 490. The summed E-state index contributed by atoms with van der Waals surface area (Å²) in [7, 11) is 1.70. The molecule has 0 bridgehead atoms. The minimum absolute atomic E-state index is 0.00798. The van der Waals surface area contributed by atoms with Gasteiger partial charge < -0.3 is 10.1 Å². The van der Waals surface area contributed by atoms with Gasteiger partial charge in [0.15, 0.2) is 0 Å². The van der Waals surface area contributed by atoms with Crippen LogP contribution in [0.15, 0.2) is 6.07 Å². The highest BCUT2D eigenvalue weighted by atomic mass is 16.5. The Hall–Kier alpha value is -1.51. The summed E-state index contributed by atoms with van der Waals surface area (Å²) in [6.07, 6.45) is 0. The molecule has 0 aliphatic carbocycles. The van der Waals surface area contributed by atoms with E-state index in [9.17, 15) is 4.79 Å². The average molecular weight is 263 g/mol. The summed E-state index contributed by atoms with van der Waals surface area (Å²) in [5, 5.41) is 2.92. The lowest BCUT2D eigenvalue weighted by Crippen LogP contribution is -2.36. The number of carbonyl (C=O) groups excluding carboxylic acids is 1. The van der Waals surface area contributed by atoms with Crippen molar-refractivity contribution in [2.24, 2.45) is 0 Å². The summed E-state index contributed by atoms with van der Waals surface area (Å²) >= 11 is 0. The van der Waals surface area contributed by atoms with Crippen LogP contribution in [0.5, 0.6) is 5.75 Å². The molecule has 1 N–H and O–H groups in total. The fourth-order valence-electron chi connectivity index (χ4n) is 2.73. The highest BCUT2D eigenvalue weighted by molar-refractivity contribution is 5.73. The lowest BCUT2D eigenvalue weighted by atomic mass is 9.78. The topological polar surface area (TPSA) is 38.3 Å². The number of hydrogen-bond acceptors (Lipinski definition) is 2. The van der Waals surface area contributed by atoms with E-state index >= 15 is 0 Å². The Morgan fingerprint density at radius 3 is 2.32 bits per heavy atom. The normalized spacial score (nSPS) is 11.3. The SMILES string of the molecule is COc1cc(C)c(C(C)(C)CNC(C)=O)c(C)c1C. The van der Waals surface area contributed by atoms with Gasteiger partial charge in [0, 0.05) is 18.9 Å². The van der Waals surface area contributed by atoms with Gasteiger partial charge in [0.1, 0.15) is 5.75 Å². The molecule has 3 nitrogen and oxygen atoms in total. The fourth-order valence-corrected chi connectivity index (χ4v) is 2.73. The molecule has 0 fully saturated rings. The molecule has 1 amide bonds. The number of benzene rings is 1. The molecule has 0 unspecified atom stereocenters. The minimum atomic E-state index is -0.100. The summed E-state index contributed by atoms with van der Waals surface area (Å²) in [6, 6.07) is 2.08. The first-order valence-electron chi connectivity index (χ1n) is 6.60. The first-order chi connectivity index (χ1) is 8.70. The number of methoxy groups -OCH3 is 1. The molecule has 19 heavy (non-hydrogen) atoms. The van der Waals surface area contributed by atoms with Crippen LogP contribution in [0, 0.1) is 20.8 Å². The van der Waals surface area contributed by atoms with Crippen LogP contribution >= 0.6 is 0 Å². The van der Waals surface area contributed by atoms with Gasteiger partial charge in [-0.1, -0.05) is 13.8 Å². The summed E-state index contributed by atoms with van der Waals surface area (Å²) in [5.74, 6) is 0.933. The summed E-state index contributed by atoms with van der Waals surface area (Å²) in [5.41, 5.74) is 4.80. The molecule has 0 spiro atoms. The summed E-state index contributed by atoms with van der Waals surface area (Å²) in [4.78, 5) is 11.1. The van der Waals surface area contributed by atoms with Crippen molar-refractivity contribution >= 4 is 5.91 Å². The number of ether oxygens (including phenoxy) is 1. The Kier molecular flexibility index (Phi) is 4.61. The molecule has 0 radical (unpaired) electrons. The predicted molar refractivity (Wildman–Crippen MR) is 78.9 cm³/mol. The molecular weight excluding hydrogens is 238 g/mol. The summed E-state index contributed by atoms with van der Waals surface area (Å²) < 4.78 is 5.40. The van der Waals surface area contributed by atoms with Gasteiger partial charge in [0.05, 0.1) is 7.11 Å². The largest absolute Gasteiger partial charge is 0.496 e. The number of hydrogen-bond donors (Lipinski definition) is 1. The van der Waals surface area contributed by atoms with Crippen molar-refractivity contribution in [2.45, 2.75) is 47.0 Å². The van der Waals surface area contributed by atoms with Crippen molar-refractivity contribution in [2.75, 3.05) is 13.7 Å². The van der Waals surface area contributed by atoms with E-state index in [1.807, 2.05) is 0 Å². The molecule has 0 saturated carbocycles. The van der Waals surface area contributed by atoms with Crippen molar-refractivity contribution < 1.29 is 9.53 Å². The third-order valence-corrected chi connectivity index (χ3v) is 3.73. The Labute approximate surface area is 116 Å². The molecule has 1 aromatic rings. The van der Waals surface area contributed by atoms with Crippen LogP contribution in [0.4, 0.5) is 0 Å². The van der Waals surface area contributed by atoms with Gasteiger partial charge in [-0.3, -0.25) is 4.79 Å². The number of aryl methyl sites for hydroxylation is 1. The standard InChI is InChI=1S/C16H25NO2/c1-10-8-14(19-7)11(2)12(3)15(10)16(5,6)9-17-13(4)18/h8H,9H2,1-7H3,(H,17,18). The van der Waals surface area contributed by atoms with E-state index in [0.29, 0.717) is 6.54 Å². The first-order valence-corrected chi connectivity index (χ1v) is 6.60. The van der Waals surface area contributed by atoms with Crippen molar-refractivity contribution in [1.82, 2.24) is 5.32 Å². The van der Waals surface area contributed by atoms with Gasteiger partial charge in [-0.2, -0.15) is 0 Å². The summed E-state index contributed by atoms with van der Waals surface area (Å²) in [6.45, 7) is 12.8. The van der Waals surface area contributed by atoms with Crippen molar-refractivity contribution in [3.8, 4) is 5.75 Å². The van der Waals surface area contributed by atoms with Crippen molar-refractivity contribution in [3.63, 3.8) is 0 Å². The Morgan fingerprint density at radius 1 is 1.26 bits per heavy atom. The third kappa shape index (κ3) is 3.28. The zero-order valence-corrected chi connectivity index (χ0v) is 13.1. The van der Waals surface area contributed by atoms with Gasteiger partial charge >= 0.3 is 0 Å². The molecule has 106 valence electrons. The maximum atomic E-state index is 11.1. The predicted octanol–water partition coefficient (Wildman–Crippen LogP) is 3.03. The maximum absolute atomic E-state index is 11.1. The fraction of sp³-hybridized carbons (Fsp3) is 0.562. The van der Waals surface area contributed by atoms with Crippen LogP contribution < -0.4 is 10.1 Å². The van der Waals surface area contributed by atoms with Crippen LogP contribution in [0.25, 0.3) is 0 Å². The molecule has 0 aliphatic rings. The van der Waals surface area contributed by atoms with Crippen molar-refractivity contribution in [3.05, 3.63) is 28.3 Å². The van der Waals surface area contributed by atoms with Gasteiger partial charge in [0.2, 0.25) is 5.91 Å². The highest BCUT2D eigenvalue weighted by Crippen LogP contribution is 2.35. The third-order valence-electron chi connectivity index (χ3n) is 3.73. The van der Waals surface area contributed by atoms with E-state index in [1.54, 1.807) is 14.0 Å². The van der Waals surface area contributed by atoms with Crippen LogP contribution in [-0.2, 0) is 10.2 Å². The molecular formula is C16H25NO2. The van der Waals surface area contributed by atoms with Crippen molar-refractivity contribution in [1.29, 1.82) is 0 Å². The van der Waals surface area contributed by atoms with Gasteiger partial charge in [-0.25, -0.2) is 0 Å². The average Bonchev–Trinajstić information content (AvgIpc) is 2.31. The minimum Gasteiger partial charge on any atom is -0.496 e. The molecule has 0 aliphatic heterocycles. The van der Waals surface area contributed by atoms with E-state index in [1.165, 1.54) is 22.3 Å². The van der Waals surface area contributed by atoms with E-state index in [-0.39, 0.29) is 11.3 Å². The second-order valence-corrected chi connectivity index (χ2v) is 5.81. The number of nitrogens with one attached hydrogen (secondary N) is 1. The lowest BCUT2D eigenvalue weighted by Gasteiger charge is -2.30. The second kappa shape index (κ2) is 5.64. The van der Waals surface area contributed by atoms with Gasteiger partial charge in [-0.15, -0.1) is 0 Å². The first kappa shape index (κ1) is 15.5. The molecule has 1 aromatic carbocycles. The molecule has 3 heteroatoms. The van der Waals surface area contributed by atoms with E-state index in [2.05, 4.69) is 46.0 Å².